The molecule has 0 saturated heterocycles. The first-order valence-electron chi connectivity index (χ1n) is 6.67. The van der Waals surface area contributed by atoms with E-state index in [1.54, 1.807) is 17.0 Å². The van der Waals surface area contributed by atoms with E-state index >= 15 is 0 Å². The Labute approximate surface area is 114 Å². The van der Waals surface area contributed by atoms with Crippen molar-refractivity contribution in [2.75, 3.05) is 19.6 Å². The standard InChI is InChI=1S/C14H21N3O2/c1-4-8-16-13(18)12-10-11(7-9-15-12)14(19)17(5-2)6-3/h7,9-10H,4-6,8H2,1-3H3,(H,16,18). The number of aromatic nitrogens is 1. The maximum absolute atomic E-state index is 12.2. The van der Waals surface area contributed by atoms with Crippen LogP contribution in [0.2, 0.25) is 0 Å². The summed E-state index contributed by atoms with van der Waals surface area (Å²) in [6, 6.07) is 3.18. The van der Waals surface area contributed by atoms with Crippen LogP contribution in [0.5, 0.6) is 0 Å². The summed E-state index contributed by atoms with van der Waals surface area (Å²) in [6.07, 6.45) is 2.36. The number of carbonyl (C=O) groups excluding carboxylic acids is 2. The van der Waals surface area contributed by atoms with Crippen molar-refractivity contribution < 1.29 is 9.59 Å². The minimum atomic E-state index is -0.240. The van der Waals surface area contributed by atoms with Crippen LogP contribution in [0.4, 0.5) is 0 Å². The summed E-state index contributed by atoms with van der Waals surface area (Å²) in [5, 5.41) is 2.75. The smallest absolute Gasteiger partial charge is 0.269 e. The van der Waals surface area contributed by atoms with Crippen LogP contribution >= 0.6 is 0 Å². The van der Waals surface area contributed by atoms with Crippen molar-refractivity contribution in [1.29, 1.82) is 0 Å². The second-order valence-electron chi connectivity index (χ2n) is 4.16. The minimum absolute atomic E-state index is 0.0723. The van der Waals surface area contributed by atoms with Crippen molar-refractivity contribution in [2.24, 2.45) is 0 Å². The van der Waals surface area contributed by atoms with Crippen molar-refractivity contribution in [3.63, 3.8) is 0 Å². The third kappa shape index (κ3) is 4.05. The maximum atomic E-state index is 12.2. The van der Waals surface area contributed by atoms with Gasteiger partial charge in [0.05, 0.1) is 0 Å². The van der Waals surface area contributed by atoms with Gasteiger partial charge in [-0.2, -0.15) is 0 Å². The van der Waals surface area contributed by atoms with Crippen LogP contribution in [0.25, 0.3) is 0 Å². The van der Waals surface area contributed by atoms with Gasteiger partial charge in [-0.05, 0) is 32.4 Å². The van der Waals surface area contributed by atoms with Gasteiger partial charge in [0.2, 0.25) is 0 Å². The van der Waals surface area contributed by atoms with Crippen molar-refractivity contribution in [3.8, 4) is 0 Å². The zero-order valence-corrected chi connectivity index (χ0v) is 11.8. The molecule has 2 amide bonds. The lowest BCUT2D eigenvalue weighted by Gasteiger charge is -2.18. The summed E-state index contributed by atoms with van der Waals surface area (Å²) in [4.78, 5) is 29.7. The first-order chi connectivity index (χ1) is 9.13. The molecule has 5 heteroatoms. The molecule has 1 aromatic rings. The summed E-state index contributed by atoms with van der Waals surface area (Å²) in [5.74, 6) is -0.312. The normalized spacial score (nSPS) is 10.1. The molecule has 1 aromatic heterocycles. The van der Waals surface area contributed by atoms with Crippen LogP contribution in [0, 0.1) is 0 Å². The highest BCUT2D eigenvalue weighted by Gasteiger charge is 2.15. The predicted octanol–water partition coefficient (Wildman–Crippen LogP) is 1.70. The summed E-state index contributed by atoms with van der Waals surface area (Å²) in [7, 11) is 0. The van der Waals surface area contributed by atoms with E-state index in [0.717, 1.165) is 6.42 Å². The molecule has 0 atom stereocenters. The molecule has 1 rings (SSSR count). The number of amides is 2. The minimum Gasteiger partial charge on any atom is -0.351 e. The molecule has 0 unspecified atom stereocenters. The molecule has 0 fully saturated rings. The van der Waals surface area contributed by atoms with E-state index in [2.05, 4.69) is 10.3 Å². The summed E-state index contributed by atoms with van der Waals surface area (Å²) < 4.78 is 0. The van der Waals surface area contributed by atoms with Crippen LogP contribution in [0.1, 0.15) is 48.0 Å². The summed E-state index contributed by atoms with van der Waals surface area (Å²) in [6.45, 7) is 7.74. The van der Waals surface area contributed by atoms with Crippen molar-refractivity contribution in [2.45, 2.75) is 27.2 Å². The molecular formula is C14H21N3O2. The number of hydrogen-bond donors (Lipinski definition) is 1. The molecule has 0 aliphatic heterocycles. The number of nitrogens with one attached hydrogen (secondary N) is 1. The van der Waals surface area contributed by atoms with Gasteiger partial charge in [-0.25, -0.2) is 0 Å². The first-order valence-corrected chi connectivity index (χ1v) is 6.67. The van der Waals surface area contributed by atoms with Gasteiger partial charge in [-0.3, -0.25) is 14.6 Å². The average molecular weight is 263 g/mol. The van der Waals surface area contributed by atoms with Crippen LogP contribution in [-0.2, 0) is 0 Å². The fraction of sp³-hybridized carbons (Fsp3) is 0.500. The number of nitrogens with zero attached hydrogens (tertiary/aromatic N) is 2. The zero-order chi connectivity index (χ0) is 14.3. The van der Waals surface area contributed by atoms with Crippen LogP contribution in [-0.4, -0.2) is 41.3 Å². The SMILES string of the molecule is CCCNC(=O)c1cc(C(=O)N(CC)CC)ccn1. The molecule has 19 heavy (non-hydrogen) atoms. The van der Waals surface area contributed by atoms with E-state index in [1.807, 2.05) is 20.8 Å². The Hall–Kier alpha value is -1.91. The molecule has 0 spiro atoms. The van der Waals surface area contributed by atoms with Gasteiger partial charge in [0, 0.05) is 31.4 Å². The molecule has 0 saturated carbocycles. The van der Waals surface area contributed by atoms with Crippen molar-refractivity contribution in [3.05, 3.63) is 29.6 Å². The second kappa shape index (κ2) is 7.51. The summed E-state index contributed by atoms with van der Waals surface area (Å²) in [5.41, 5.74) is 0.784. The van der Waals surface area contributed by atoms with Gasteiger partial charge in [0.15, 0.2) is 0 Å². The topological polar surface area (TPSA) is 62.3 Å². The van der Waals surface area contributed by atoms with Crippen LogP contribution in [0.3, 0.4) is 0 Å². The third-order valence-electron chi connectivity index (χ3n) is 2.83. The quantitative estimate of drug-likeness (QED) is 0.849. The van der Waals surface area contributed by atoms with E-state index in [9.17, 15) is 9.59 Å². The molecule has 0 aliphatic rings. The number of hydrogen-bond acceptors (Lipinski definition) is 3. The van der Waals surface area contributed by atoms with Gasteiger partial charge in [-0.15, -0.1) is 0 Å². The molecule has 0 bridgehead atoms. The van der Waals surface area contributed by atoms with E-state index in [-0.39, 0.29) is 17.5 Å². The molecular weight excluding hydrogens is 242 g/mol. The Morgan fingerprint density at radius 3 is 2.53 bits per heavy atom. The van der Waals surface area contributed by atoms with E-state index in [1.165, 1.54) is 6.20 Å². The van der Waals surface area contributed by atoms with E-state index in [0.29, 0.717) is 25.2 Å². The van der Waals surface area contributed by atoms with Crippen molar-refractivity contribution in [1.82, 2.24) is 15.2 Å². The molecule has 104 valence electrons. The van der Waals surface area contributed by atoms with Gasteiger partial charge in [0.25, 0.3) is 11.8 Å². The maximum Gasteiger partial charge on any atom is 0.269 e. The lowest BCUT2D eigenvalue weighted by Crippen LogP contribution is -2.31. The van der Waals surface area contributed by atoms with Gasteiger partial charge in [-0.1, -0.05) is 6.92 Å². The molecule has 0 radical (unpaired) electrons. The van der Waals surface area contributed by atoms with Gasteiger partial charge in [0.1, 0.15) is 5.69 Å². The van der Waals surface area contributed by atoms with Crippen LogP contribution < -0.4 is 5.32 Å². The molecule has 1 N–H and O–H groups in total. The van der Waals surface area contributed by atoms with Crippen LogP contribution in [0.15, 0.2) is 18.3 Å². The average Bonchev–Trinajstić information content (AvgIpc) is 2.46. The Balaban J connectivity index is 2.87. The lowest BCUT2D eigenvalue weighted by molar-refractivity contribution is 0.0773. The lowest BCUT2D eigenvalue weighted by atomic mass is 10.2. The summed E-state index contributed by atoms with van der Waals surface area (Å²) >= 11 is 0. The molecule has 1 heterocycles. The number of rotatable bonds is 6. The predicted molar refractivity (Wildman–Crippen MR) is 74.1 cm³/mol. The highest BCUT2D eigenvalue weighted by atomic mass is 16.2. The Bertz CT molecular complexity index is 442. The zero-order valence-electron chi connectivity index (χ0n) is 11.8. The van der Waals surface area contributed by atoms with E-state index < -0.39 is 0 Å². The van der Waals surface area contributed by atoms with Gasteiger partial charge >= 0.3 is 0 Å². The Morgan fingerprint density at radius 2 is 1.95 bits per heavy atom. The largest absolute Gasteiger partial charge is 0.351 e. The van der Waals surface area contributed by atoms with E-state index in [4.69, 9.17) is 0 Å². The fourth-order valence-corrected chi connectivity index (χ4v) is 1.71. The fourth-order valence-electron chi connectivity index (χ4n) is 1.71. The highest BCUT2D eigenvalue weighted by Crippen LogP contribution is 2.06. The monoisotopic (exact) mass is 263 g/mol. The number of carbonyl (C=O) groups is 2. The Morgan fingerprint density at radius 1 is 1.26 bits per heavy atom. The molecule has 0 aromatic carbocycles. The van der Waals surface area contributed by atoms with Crippen molar-refractivity contribution >= 4 is 11.8 Å². The van der Waals surface area contributed by atoms with Gasteiger partial charge < -0.3 is 10.2 Å². The Kier molecular flexibility index (Phi) is 5.99. The highest BCUT2D eigenvalue weighted by molar-refractivity contribution is 5.98. The number of pyridine rings is 1. The second-order valence-corrected chi connectivity index (χ2v) is 4.16. The molecule has 5 nitrogen and oxygen atoms in total. The first kappa shape index (κ1) is 15.1. The molecule has 0 aliphatic carbocycles. The third-order valence-corrected chi connectivity index (χ3v) is 2.83.